The van der Waals surface area contributed by atoms with Gasteiger partial charge in [-0.15, -0.1) is 0 Å². The maximum atomic E-state index is 12.7. The summed E-state index contributed by atoms with van der Waals surface area (Å²) in [6.45, 7) is 2.84. The Morgan fingerprint density at radius 1 is 1.41 bits per heavy atom. The van der Waals surface area contributed by atoms with E-state index in [1.165, 1.54) is 6.92 Å². The zero-order valence-electron chi connectivity index (χ0n) is 9.41. The summed E-state index contributed by atoms with van der Waals surface area (Å²) < 4.78 is 38.5. The summed E-state index contributed by atoms with van der Waals surface area (Å²) in [5.74, 6) is -0.413. The Labute approximate surface area is 95.9 Å². The first-order valence-electron chi connectivity index (χ1n) is 5.10. The summed E-state index contributed by atoms with van der Waals surface area (Å²) in [7, 11) is 0. The summed E-state index contributed by atoms with van der Waals surface area (Å²) in [6, 6.07) is 1.73. The van der Waals surface area contributed by atoms with Crippen LogP contribution in [0.2, 0.25) is 0 Å². The molecule has 3 nitrogen and oxygen atoms in total. The average molecular weight is 247 g/mol. The van der Waals surface area contributed by atoms with Gasteiger partial charge in [-0.25, -0.2) is 0 Å². The number of rotatable bonds is 3. The minimum atomic E-state index is -4.65. The molecule has 6 heteroatoms. The number of halogens is 3. The number of carbonyl (C=O) groups is 1. The van der Waals surface area contributed by atoms with Crippen LogP contribution in [0.1, 0.15) is 32.0 Å². The third kappa shape index (κ3) is 2.75. The SMILES string of the molecule is CCC(=O)C(C)n1c(C(F)(F)F)cccc1=O. The second-order valence-corrected chi connectivity index (χ2v) is 3.61. The molecule has 0 radical (unpaired) electrons. The van der Waals surface area contributed by atoms with E-state index < -0.39 is 29.3 Å². The smallest absolute Gasteiger partial charge is 0.297 e. The molecule has 0 bridgehead atoms. The van der Waals surface area contributed by atoms with Crippen LogP contribution in [0.25, 0.3) is 0 Å². The second kappa shape index (κ2) is 4.73. The molecule has 0 amide bonds. The Bertz CT molecular complexity index is 476. The average Bonchev–Trinajstić information content (AvgIpc) is 2.25. The fraction of sp³-hybridized carbons (Fsp3) is 0.455. The lowest BCUT2D eigenvalue weighted by atomic mass is 10.1. The van der Waals surface area contributed by atoms with Crippen molar-refractivity contribution in [1.82, 2.24) is 4.57 Å². The molecule has 1 heterocycles. The maximum absolute atomic E-state index is 12.7. The quantitative estimate of drug-likeness (QED) is 0.822. The Morgan fingerprint density at radius 3 is 2.47 bits per heavy atom. The number of Topliss-reactive ketones (excluding diaryl/α,β-unsaturated/α-hetero) is 1. The number of alkyl halides is 3. The molecule has 1 atom stereocenters. The van der Waals surface area contributed by atoms with Gasteiger partial charge < -0.3 is 0 Å². The predicted octanol–water partition coefficient (Wildman–Crippen LogP) is 2.41. The van der Waals surface area contributed by atoms with Gasteiger partial charge in [0.1, 0.15) is 5.69 Å². The molecular formula is C11H12F3NO2. The summed E-state index contributed by atoms with van der Waals surface area (Å²) in [5, 5.41) is 0. The van der Waals surface area contributed by atoms with Crippen molar-refractivity contribution in [2.75, 3.05) is 0 Å². The molecule has 0 spiro atoms. The van der Waals surface area contributed by atoms with E-state index in [1.54, 1.807) is 6.92 Å². The van der Waals surface area contributed by atoms with Gasteiger partial charge in [0, 0.05) is 12.5 Å². The van der Waals surface area contributed by atoms with Crippen LogP contribution in [0.5, 0.6) is 0 Å². The molecule has 0 fully saturated rings. The van der Waals surface area contributed by atoms with Gasteiger partial charge in [0.15, 0.2) is 5.78 Å². The van der Waals surface area contributed by atoms with Crippen molar-refractivity contribution >= 4 is 5.78 Å². The highest BCUT2D eigenvalue weighted by atomic mass is 19.4. The third-order valence-corrected chi connectivity index (χ3v) is 2.48. The number of ketones is 1. The van der Waals surface area contributed by atoms with Crippen molar-refractivity contribution in [1.29, 1.82) is 0 Å². The molecule has 0 saturated heterocycles. The minimum Gasteiger partial charge on any atom is -0.297 e. The first-order chi connectivity index (χ1) is 7.79. The highest BCUT2D eigenvalue weighted by Crippen LogP contribution is 2.29. The minimum absolute atomic E-state index is 0.0831. The van der Waals surface area contributed by atoms with E-state index in [0.29, 0.717) is 4.57 Å². The zero-order chi connectivity index (χ0) is 13.2. The van der Waals surface area contributed by atoms with E-state index in [4.69, 9.17) is 0 Å². The maximum Gasteiger partial charge on any atom is 0.431 e. The number of hydrogen-bond donors (Lipinski definition) is 0. The van der Waals surface area contributed by atoms with Crippen LogP contribution in [-0.2, 0) is 11.0 Å². The molecule has 0 aliphatic heterocycles. The van der Waals surface area contributed by atoms with Crippen LogP contribution in [-0.4, -0.2) is 10.4 Å². The van der Waals surface area contributed by atoms with E-state index in [0.717, 1.165) is 18.2 Å². The molecule has 94 valence electrons. The standard InChI is InChI=1S/C11H12F3NO2/c1-3-8(16)7(2)15-9(11(12,13)14)5-4-6-10(15)17/h4-7H,3H2,1-2H3. The molecule has 1 aromatic heterocycles. The molecule has 0 saturated carbocycles. The second-order valence-electron chi connectivity index (χ2n) is 3.61. The lowest BCUT2D eigenvalue weighted by molar-refractivity contribution is -0.145. The van der Waals surface area contributed by atoms with Crippen LogP contribution in [0, 0.1) is 0 Å². The van der Waals surface area contributed by atoms with Gasteiger partial charge in [0.2, 0.25) is 0 Å². The van der Waals surface area contributed by atoms with E-state index in [-0.39, 0.29) is 6.42 Å². The monoisotopic (exact) mass is 247 g/mol. The van der Waals surface area contributed by atoms with Gasteiger partial charge >= 0.3 is 6.18 Å². The number of pyridine rings is 1. The Hall–Kier alpha value is -1.59. The Morgan fingerprint density at radius 2 is 2.00 bits per heavy atom. The van der Waals surface area contributed by atoms with Crippen LogP contribution in [0.4, 0.5) is 13.2 Å². The molecule has 1 aromatic rings. The highest BCUT2D eigenvalue weighted by molar-refractivity contribution is 5.81. The van der Waals surface area contributed by atoms with Crippen molar-refractivity contribution in [2.24, 2.45) is 0 Å². The molecular weight excluding hydrogens is 235 g/mol. The van der Waals surface area contributed by atoms with Crippen molar-refractivity contribution in [2.45, 2.75) is 32.5 Å². The lowest BCUT2D eigenvalue weighted by Crippen LogP contribution is -2.32. The topological polar surface area (TPSA) is 39.1 Å². The number of hydrogen-bond acceptors (Lipinski definition) is 2. The molecule has 0 aliphatic rings. The van der Waals surface area contributed by atoms with Crippen LogP contribution < -0.4 is 5.56 Å². The summed E-state index contributed by atoms with van der Waals surface area (Å²) >= 11 is 0. The van der Waals surface area contributed by atoms with Gasteiger partial charge in [-0.1, -0.05) is 13.0 Å². The van der Waals surface area contributed by atoms with E-state index in [2.05, 4.69) is 0 Å². The molecule has 1 rings (SSSR count). The Kier molecular flexibility index (Phi) is 3.75. The highest BCUT2D eigenvalue weighted by Gasteiger charge is 2.36. The predicted molar refractivity (Wildman–Crippen MR) is 55.7 cm³/mol. The molecule has 0 aromatic carbocycles. The largest absolute Gasteiger partial charge is 0.431 e. The van der Waals surface area contributed by atoms with Gasteiger partial charge in [0.25, 0.3) is 5.56 Å². The van der Waals surface area contributed by atoms with Gasteiger partial charge in [-0.05, 0) is 13.0 Å². The molecule has 17 heavy (non-hydrogen) atoms. The number of nitrogens with zero attached hydrogens (tertiary/aromatic N) is 1. The van der Waals surface area contributed by atoms with E-state index >= 15 is 0 Å². The van der Waals surface area contributed by atoms with Crippen molar-refractivity contribution in [3.63, 3.8) is 0 Å². The van der Waals surface area contributed by atoms with Crippen molar-refractivity contribution in [3.05, 3.63) is 34.2 Å². The van der Waals surface area contributed by atoms with Crippen LogP contribution in [0.15, 0.2) is 23.0 Å². The summed E-state index contributed by atoms with van der Waals surface area (Å²) in [5.41, 5.74) is -1.92. The van der Waals surface area contributed by atoms with Crippen molar-refractivity contribution < 1.29 is 18.0 Å². The zero-order valence-corrected chi connectivity index (χ0v) is 9.41. The van der Waals surface area contributed by atoms with E-state index in [1.807, 2.05) is 0 Å². The van der Waals surface area contributed by atoms with E-state index in [9.17, 15) is 22.8 Å². The van der Waals surface area contributed by atoms with Gasteiger partial charge in [-0.3, -0.25) is 14.2 Å². The van der Waals surface area contributed by atoms with Crippen LogP contribution >= 0.6 is 0 Å². The molecule has 1 unspecified atom stereocenters. The fourth-order valence-corrected chi connectivity index (χ4v) is 1.57. The first-order valence-corrected chi connectivity index (χ1v) is 5.10. The third-order valence-electron chi connectivity index (χ3n) is 2.48. The summed E-state index contributed by atoms with van der Waals surface area (Å²) in [4.78, 5) is 22.9. The molecule has 0 aliphatic carbocycles. The van der Waals surface area contributed by atoms with Crippen molar-refractivity contribution in [3.8, 4) is 0 Å². The molecule has 0 N–H and O–H groups in total. The summed E-state index contributed by atoms with van der Waals surface area (Å²) in [6.07, 6.45) is -4.57. The first kappa shape index (κ1) is 13.5. The van der Waals surface area contributed by atoms with Gasteiger partial charge in [-0.2, -0.15) is 13.2 Å². The fourth-order valence-electron chi connectivity index (χ4n) is 1.57. The van der Waals surface area contributed by atoms with Gasteiger partial charge in [0.05, 0.1) is 6.04 Å². The van der Waals surface area contributed by atoms with Crippen LogP contribution in [0.3, 0.4) is 0 Å². The lowest BCUT2D eigenvalue weighted by Gasteiger charge is -2.19. The normalized spacial score (nSPS) is 13.5. The number of aromatic nitrogens is 1. The number of carbonyl (C=O) groups excluding carboxylic acids is 1. The Balaban J connectivity index is 3.41.